The minimum absolute atomic E-state index is 0.0839. The molecule has 0 radical (unpaired) electrons. The molecule has 1 aliphatic heterocycles. The van der Waals surface area contributed by atoms with E-state index in [1.807, 2.05) is 13.8 Å². The van der Waals surface area contributed by atoms with Crippen molar-refractivity contribution in [3.05, 3.63) is 0 Å². The molecular weight excluding hydrogens is 289 g/mol. The van der Waals surface area contributed by atoms with Gasteiger partial charge in [-0.1, -0.05) is 13.8 Å². The van der Waals surface area contributed by atoms with Crippen LogP contribution in [0.3, 0.4) is 0 Å². The maximum Gasteiger partial charge on any atom is 0.411 e. The van der Waals surface area contributed by atoms with Gasteiger partial charge in [0.25, 0.3) is 0 Å². The van der Waals surface area contributed by atoms with E-state index in [0.29, 0.717) is 11.8 Å². The van der Waals surface area contributed by atoms with Crippen molar-refractivity contribution in [1.82, 2.24) is 0 Å². The van der Waals surface area contributed by atoms with Gasteiger partial charge in [-0.15, -0.1) is 0 Å². The molecule has 1 rings (SSSR count). The molecule has 122 valence electrons. The third-order valence-corrected chi connectivity index (χ3v) is 2.94. The van der Waals surface area contributed by atoms with Crippen molar-refractivity contribution in [3.8, 4) is 0 Å². The van der Waals surface area contributed by atoms with E-state index in [0.717, 1.165) is 0 Å². The lowest BCUT2D eigenvalue weighted by molar-refractivity contribution is -0.174. The lowest BCUT2D eigenvalue weighted by atomic mass is 10.0. The highest BCUT2D eigenvalue weighted by molar-refractivity contribution is 5.94. The zero-order valence-electron chi connectivity index (χ0n) is 12.6. The zero-order chi connectivity index (χ0) is 16.0. The highest BCUT2D eigenvalue weighted by Crippen LogP contribution is 2.20. The molecule has 1 unspecified atom stereocenters. The topological polar surface area (TPSA) is 52.4 Å². The van der Waals surface area contributed by atoms with E-state index in [9.17, 15) is 13.2 Å². The SMILES string of the molecule is COC1=N[C@@H](CCOCC(F)(F)F)C(OC)=NC1C(C)C. The maximum absolute atomic E-state index is 12.0. The van der Waals surface area contributed by atoms with Gasteiger partial charge >= 0.3 is 6.18 Å². The summed E-state index contributed by atoms with van der Waals surface area (Å²) in [5.41, 5.74) is 0. The maximum atomic E-state index is 12.0. The van der Waals surface area contributed by atoms with Crippen molar-refractivity contribution in [2.45, 2.75) is 38.5 Å². The molecule has 0 aliphatic carbocycles. The number of hydrogen-bond acceptors (Lipinski definition) is 5. The van der Waals surface area contributed by atoms with Gasteiger partial charge in [0.15, 0.2) is 0 Å². The number of ether oxygens (including phenoxy) is 3. The number of aliphatic imine (C=N–C) groups is 2. The summed E-state index contributed by atoms with van der Waals surface area (Å²) >= 11 is 0. The summed E-state index contributed by atoms with van der Waals surface area (Å²) in [6.07, 6.45) is -4.07. The van der Waals surface area contributed by atoms with E-state index < -0.39 is 18.8 Å². The molecule has 0 aromatic heterocycles. The molecule has 0 bridgehead atoms. The normalized spacial score (nSPS) is 22.9. The Morgan fingerprint density at radius 1 is 1.10 bits per heavy atom. The Labute approximate surface area is 122 Å². The van der Waals surface area contributed by atoms with Crippen LogP contribution in [-0.2, 0) is 14.2 Å². The molecule has 5 nitrogen and oxygen atoms in total. The Hall–Kier alpha value is -1.31. The predicted molar refractivity (Wildman–Crippen MR) is 72.8 cm³/mol. The monoisotopic (exact) mass is 310 g/mol. The van der Waals surface area contributed by atoms with Crippen LogP contribution in [0.2, 0.25) is 0 Å². The van der Waals surface area contributed by atoms with Gasteiger partial charge in [0.05, 0.1) is 14.2 Å². The second-order valence-electron chi connectivity index (χ2n) is 5.00. The third kappa shape index (κ3) is 5.53. The van der Waals surface area contributed by atoms with Crippen molar-refractivity contribution < 1.29 is 27.4 Å². The summed E-state index contributed by atoms with van der Waals surface area (Å²) in [7, 11) is 2.96. The highest BCUT2D eigenvalue weighted by Gasteiger charge is 2.31. The largest absolute Gasteiger partial charge is 0.483 e. The quantitative estimate of drug-likeness (QED) is 0.733. The van der Waals surface area contributed by atoms with E-state index in [4.69, 9.17) is 9.47 Å². The standard InChI is InChI=1S/C13H21F3N2O3/c1-8(2)10-12(20-4)17-9(11(18-10)19-3)5-6-21-7-13(14,15)16/h8-10H,5-7H2,1-4H3/t9-,10?/m0/s1. The first kappa shape index (κ1) is 17.7. The Kier molecular flexibility index (Phi) is 6.44. The minimum Gasteiger partial charge on any atom is -0.483 e. The fourth-order valence-electron chi connectivity index (χ4n) is 1.93. The summed E-state index contributed by atoms with van der Waals surface area (Å²) in [5.74, 6) is 1.04. The van der Waals surface area contributed by atoms with Gasteiger partial charge in [0.1, 0.15) is 18.7 Å². The lowest BCUT2D eigenvalue weighted by Crippen LogP contribution is -2.38. The smallest absolute Gasteiger partial charge is 0.411 e. The Balaban J connectivity index is 2.64. The second kappa shape index (κ2) is 7.63. The molecule has 0 aromatic rings. The summed E-state index contributed by atoms with van der Waals surface area (Å²) in [4.78, 5) is 8.79. The van der Waals surface area contributed by atoms with Crippen LogP contribution in [0.1, 0.15) is 20.3 Å². The summed E-state index contributed by atoms with van der Waals surface area (Å²) in [5, 5.41) is 0. The molecule has 21 heavy (non-hydrogen) atoms. The number of alkyl halides is 3. The number of hydrogen-bond donors (Lipinski definition) is 0. The Morgan fingerprint density at radius 3 is 2.19 bits per heavy atom. The van der Waals surface area contributed by atoms with Crippen LogP contribution in [0.5, 0.6) is 0 Å². The van der Waals surface area contributed by atoms with Gasteiger partial charge in [-0.3, -0.25) is 0 Å². The van der Waals surface area contributed by atoms with Gasteiger partial charge in [-0.2, -0.15) is 13.2 Å². The van der Waals surface area contributed by atoms with Crippen molar-refractivity contribution >= 4 is 11.8 Å². The first-order valence-electron chi connectivity index (χ1n) is 6.66. The molecule has 0 fully saturated rings. The molecule has 0 aromatic carbocycles. The molecule has 0 saturated heterocycles. The molecule has 0 amide bonds. The van der Waals surface area contributed by atoms with Crippen LogP contribution in [0.25, 0.3) is 0 Å². The Morgan fingerprint density at radius 2 is 1.71 bits per heavy atom. The molecule has 1 aliphatic rings. The van der Waals surface area contributed by atoms with E-state index >= 15 is 0 Å². The van der Waals surface area contributed by atoms with Crippen LogP contribution in [0.4, 0.5) is 13.2 Å². The summed E-state index contributed by atoms with van der Waals surface area (Å²) in [6, 6.07) is -0.717. The van der Waals surface area contributed by atoms with E-state index in [-0.39, 0.29) is 25.0 Å². The van der Waals surface area contributed by atoms with E-state index in [2.05, 4.69) is 14.7 Å². The highest BCUT2D eigenvalue weighted by atomic mass is 19.4. The van der Waals surface area contributed by atoms with Crippen LogP contribution in [-0.4, -0.2) is 57.5 Å². The molecule has 2 atom stereocenters. The molecular formula is C13H21F3N2O3. The number of rotatable bonds is 5. The predicted octanol–water partition coefficient (Wildman–Crippen LogP) is 2.45. The molecule has 8 heteroatoms. The zero-order valence-corrected chi connectivity index (χ0v) is 12.6. The van der Waals surface area contributed by atoms with Crippen LogP contribution < -0.4 is 0 Å². The van der Waals surface area contributed by atoms with Crippen molar-refractivity contribution in [3.63, 3.8) is 0 Å². The molecule has 0 saturated carbocycles. The average Bonchev–Trinajstić information content (AvgIpc) is 2.41. The number of nitrogens with zero attached hydrogens (tertiary/aromatic N) is 2. The van der Waals surface area contributed by atoms with Crippen LogP contribution in [0.15, 0.2) is 9.98 Å². The van der Waals surface area contributed by atoms with Gasteiger partial charge in [0, 0.05) is 13.0 Å². The van der Waals surface area contributed by atoms with Crippen LogP contribution in [0, 0.1) is 5.92 Å². The molecule has 0 spiro atoms. The molecule has 0 N–H and O–H groups in total. The average molecular weight is 310 g/mol. The summed E-state index contributed by atoms with van der Waals surface area (Å²) in [6.45, 7) is 2.60. The minimum atomic E-state index is -4.32. The van der Waals surface area contributed by atoms with Crippen molar-refractivity contribution in [1.29, 1.82) is 0 Å². The Bertz CT molecular complexity index is 395. The van der Waals surface area contributed by atoms with Gasteiger partial charge < -0.3 is 14.2 Å². The third-order valence-electron chi connectivity index (χ3n) is 2.94. The second-order valence-corrected chi connectivity index (χ2v) is 5.00. The molecule has 1 heterocycles. The van der Waals surface area contributed by atoms with E-state index in [1.54, 1.807) is 0 Å². The number of halogens is 3. The first-order valence-corrected chi connectivity index (χ1v) is 6.66. The van der Waals surface area contributed by atoms with Gasteiger partial charge in [0.2, 0.25) is 11.8 Å². The fourth-order valence-corrected chi connectivity index (χ4v) is 1.93. The van der Waals surface area contributed by atoms with Crippen molar-refractivity contribution in [2.24, 2.45) is 15.9 Å². The fraction of sp³-hybridized carbons (Fsp3) is 0.846. The van der Waals surface area contributed by atoms with Crippen LogP contribution >= 0.6 is 0 Å². The van der Waals surface area contributed by atoms with Crippen molar-refractivity contribution in [2.75, 3.05) is 27.4 Å². The van der Waals surface area contributed by atoms with Gasteiger partial charge in [-0.25, -0.2) is 9.98 Å². The van der Waals surface area contributed by atoms with Gasteiger partial charge in [-0.05, 0) is 5.92 Å². The summed E-state index contributed by atoms with van der Waals surface area (Å²) < 4.78 is 51.0. The first-order chi connectivity index (χ1) is 9.78. The van der Waals surface area contributed by atoms with E-state index in [1.165, 1.54) is 14.2 Å². The lowest BCUT2D eigenvalue weighted by Gasteiger charge is -2.27. The number of methoxy groups -OCH3 is 2.